The van der Waals surface area contributed by atoms with E-state index in [1.165, 1.54) is 32.2 Å². The molecule has 0 aliphatic heterocycles. The van der Waals surface area contributed by atoms with E-state index in [1.807, 2.05) is 20.8 Å². The molecule has 0 radical (unpaired) electrons. The largest absolute Gasteiger partial charge is 0.444 e. The second-order valence-electron chi connectivity index (χ2n) is 7.33. The number of ether oxygens (including phenoxy) is 1. The van der Waals surface area contributed by atoms with Gasteiger partial charge in [-0.25, -0.2) is 4.79 Å². The lowest BCUT2D eigenvalue weighted by molar-refractivity contribution is 0.0527. The van der Waals surface area contributed by atoms with Crippen molar-refractivity contribution < 1.29 is 9.53 Å². The SMILES string of the molecule is CC(C)(C)OC(=O)NCCCNCC(C1CC1)C1CC1. The van der Waals surface area contributed by atoms with Crippen molar-refractivity contribution in [1.29, 1.82) is 0 Å². The molecule has 0 bridgehead atoms. The molecule has 116 valence electrons. The van der Waals surface area contributed by atoms with Crippen molar-refractivity contribution in [3.63, 3.8) is 0 Å². The van der Waals surface area contributed by atoms with Crippen LogP contribution in [0, 0.1) is 17.8 Å². The minimum absolute atomic E-state index is 0.314. The van der Waals surface area contributed by atoms with Gasteiger partial charge in [0, 0.05) is 6.54 Å². The van der Waals surface area contributed by atoms with E-state index in [0.29, 0.717) is 6.54 Å². The van der Waals surface area contributed by atoms with Gasteiger partial charge in [0.2, 0.25) is 0 Å². The van der Waals surface area contributed by atoms with Crippen molar-refractivity contribution in [3.8, 4) is 0 Å². The normalized spacial score (nSPS) is 19.2. The summed E-state index contributed by atoms with van der Waals surface area (Å²) in [6.07, 6.45) is 6.44. The summed E-state index contributed by atoms with van der Waals surface area (Å²) in [7, 11) is 0. The fourth-order valence-corrected chi connectivity index (χ4v) is 2.75. The lowest BCUT2D eigenvalue weighted by atomic mass is 9.98. The standard InChI is InChI=1S/C16H30N2O2/c1-16(2,3)20-15(19)18-10-4-9-17-11-14(12-5-6-12)13-7-8-13/h12-14,17H,4-11H2,1-3H3,(H,18,19). The molecular weight excluding hydrogens is 252 g/mol. The Balaban J connectivity index is 1.46. The molecule has 0 spiro atoms. The molecule has 0 saturated heterocycles. The summed E-state index contributed by atoms with van der Waals surface area (Å²) in [6, 6.07) is 0. The Morgan fingerprint density at radius 2 is 1.75 bits per heavy atom. The quantitative estimate of drug-likeness (QED) is 0.673. The van der Waals surface area contributed by atoms with Crippen LogP contribution < -0.4 is 10.6 Å². The second kappa shape index (κ2) is 6.79. The first-order valence-corrected chi connectivity index (χ1v) is 8.13. The van der Waals surface area contributed by atoms with Crippen molar-refractivity contribution in [3.05, 3.63) is 0 Å². The van der Waals surface area contributed by atoms with Gasteiger partial charge >= 0.3 is 6.09 Å². The summed E-state index contributed by atoms with van der Waals surface area (Å²) < 4.78 is 5.19. The van der Waals surface area contributed by atoms with E-state index in [4.69, 9.17) is 4.74 Å². The van der Waals surface area contributed by atoms with Gasteiger partial charge in [0.15, 0.2) is 0 Å². The fourth-order valence-electron chi connectivity index (χ4n) is 2.75. The summed E-state index contributed by atoms with van der Waals surface area (Å²) in [5.74, 6) is 2.94. The molecule has 2 aliphatic carbocycles. The van der Waals surface area contributed by atoms with Crippen LogP contribution >= 0.6 is 0 Å². The first-order chi connectivity index (χ1) is 9.46. The van der Waals surface area contributed by atoms with Crippen molar-refractivity contribution >= 4 is 6.09 Å². The number of alkyl carbamates (subject to hydrolysis) is 1. The molecule has 0 unspecified atom stereocenters. The van der Waals surface area contributed by atoms with E-state index < -0.39 is 5.60 Å². The van der Waals surface area contributed by atoms with Gasteiger partial charge in [-0.3, -0.25) is 0 Å². The fraction of sp³-hybridized carbons (Fsp3) is 0.938. The van der Waals surface area contributed by atoms with Gasteiger partial charge in [-0.15, -0.1) is 0 Å². The van der Waals surface area contributed by atoms with Gasteiger partial charge in [0.05, 0.1) is 0 Å². The highest BCUT2D eigenvalue weighted by molar-refractivity contribution is 5.67. The Morgan fingerprint density at radius 3 is 2.25 bits per heavy atom. The third kappa shape index (κ3) is 6.12. The predicted molar refractivity (Wildman–Crippen MR) is 80.7 cm³/mol. The minimum atomic E-state index is -0.413. The lowest BCUT2D eigenvalue weighted by Crippen LogP contribution is -2.34. The van der Waals surface area contributed by atoms with E-state index in [0.717, 1.165) is 30.7 Å². The number of carbonyl (C=O) groups excluding carboxylic acids is 1. The maximum Gasteiger partial charge on any atom is 0.407 e. The summed E-state index contributed by atoms with van der Waals surface area (Å²) in [6.45, 7) is 8.46. The van der Waals surface area contributed by atoms with E-state index in [-0.39, 0.29) is 6.09 Å². The lowest BCUT2D eigenvalue weighted by Gasteiger charge is -2.20. The summed E-state index contributed by atoms with van der Waals surface area (Å²) in [4.78, 5) is 11.4. The molecule has 1 amide bonds. The van der Waals surface area contributed by atoms with Crippen LogP contribution in [0.1, 0.15) is 52.9 Å². The summed E-state index contributed by atoms with van der Waals surface area (Å²) in [5, 5.41) is 6.35. The first kappa shape index (κ1) is 15.6. The van der Waals surface area contributed by atoms with E-state index in [2.05, 4.69) is 10.6 Å². The van der Waals surface area contributed by atoms with Gasteiger partial charge in [0.1, 0.15) is 5.60 Å². The topological polar surface area (TPSA) is 50.4 Å². The zero-order valence-corrected chi connectivity index (χ0v) is 13.2. The molecule has 4 heteroatoms. The summed E-state index contributed by atoms with van der Waals surface area (Å²) >= 11 is 0. The van der Waals surface area contributed by atoms with E-state index in [1.54, 1.807) is 0 Å². The van der Waals surface area contributed by atoms with Crippen LogP contribution in [-0.2, 0) is 4.74 Å². The Labute approximate surface area is 123 Å². The Morgan fingerprint density at radius 1 is 1.15 bits per heavy atom. The third-order valence-electron chi connectivity index (χ3n) is 4.03. The van der Waals surface area contributed by atoms with Gasteiger partial charge in [0.25, 0.3) is 0 Å². The zero-order chi connectivity index (χ0) is 14.6. The van der Waals surface area contributed by atoms with Gasteiger partial charge < -0.3 is 15.4 Å². The number of rotatable bonds is 8. The smallest absolute Gasteiger partial charge is 0.407 e. The number of hydrogen-bond acceptors (Lipinski definition) is 3. The highest BCUT2D eigenvalue weighted by atomic mass is 16.6. The Bertz CT molecular complexity index is 305. The minimum Gasteiger partial charge on any atom is -0.444 e. The number of carbonyl (C=O) groups is 1. The molecule has 20 heavy (non-hydrogen) atoms. The molecule has 0 atom stereocenters. The Hall–Kier alpha value is -0.770. The van der Waals surface area contributed by atoms with Gasteiger partial charge in [-0.1, -0.05) is 0 Å². The average Bonchev–Trinajstić information content (AvgIpc) is 3.19. The van der Waals surface area contributed by atoms with Crippen molar-refractivity contribution in [1.82, 2.24) is 10.6 Å². The predicted octanol–water partition coefficient (Wildman–Crippen LogP) is 2.93. The molecule has 4 nitrogen and oxygen atoms in total. The maximum absolute atomic E-state index is 11.4. The van der Waals surface area contributed by atoms with Crippen LogP contribution in [0.2, 0.25) is 0 Å². The maximum atomic E-state index is 11.4. The van der Waals surface area contributed by atoms with Crippen LogP contribution in [-0.4, -0.2) is 31.3 Å². The van der Waals surface area contributed by atoms with Crippen LogP contribution in [0.25, 0.3) is 0 Å². The van der Waals surface area contributed by atoms with Gasteiger partial charge in [-0.05, 0) is 83.7 Å². The third-order valence-corrected chi connectivity index (χ3v) is 4.03. The molecule has 2 N–H and O–H groups in total. The molecule has 0 aromatic carbocycles. The monoisotopic (exact) mass is 282 g/mol. The molecule has 2 rings (SSSR count). The Kier molecular flexibility index (Phi) is 5.30. The number of nitrogens with one attached hydrogen (secondary N) is 2. The number of hydrogen-bond donors (Lipinski definition) is 2. The van der Waals surface area contributed by atoms with Crippen LogP contribution in [0.3, 0.4) is 0 Å². The van der Waals surface area contributed by atoms with Crippen molar-refractivity contribution in [2.24, 2.45) is 17.8 Å². The summed E-state index contributed by atoms with van der Waals surface area (Å²) in [5.41, 5.74) is -0.413. The zero-order valence-electron chi connectivity index (χ0n) is 13.2. The van der Waals surface area contributed by atoms with Crippen LogP contribution in [0.4, 0.5) is 4.79 Å². The molecule has 2 saturated carbocycles. The van der Waals surface area contributed by atoms with E-state index >= 15 is 0 Å². The first-order valence-electron chi connectivity index (χ1n) is 8.13. The molecular formula is C16H30N2O2. The van der Waals surface area contributed by atoms with Crippen LogP contribution in [0.5, 0.6) is 0 Å². The molecule has 2 aliphatic rings. The molecule has 2 fully saturated rings. The second-order valence-corrected chi connectivity index (χ2v) is 7.33. The number of amides is 1. The highest BCUT2D eigenvalue weighted by Crippen LogP contribution is 2.48. The highest BCUT2D eigenvalue weighted by Gasteiger charge is 2.40. The molecule has 0 aromatic heterocycles. The van der Waals surface area contributed by atoms with E-state index in [9.17, 15) is 4.79 Å². The van der Waals surface area contributed by atoms with Crippen molar-refractivity contribution in [2.45, 2.75) is 58.5 Å². The average molecular weight is 282 g/mol. The molecule has 0 heterocycles. The van der Waals surface area contributed by atoms with Gasteiger partial charge in [-0.2, -0.15) is 0 Å². The van der Waals surface area contributed by atoms with Crippen LogP contribution in [0.15, 0.2) is 0 Å². The van der Waals surface area contributed by atoms with Crippen molar-refractivity contribution in [2.75, 3.05) is 19.6 Å². The molecule has 0 aromatic rings.